The Morgan fingerprint density at radius 3 is 2.67 bits per heavy atom. The maximum absolute atomic E-state index is 13.1. The second-order valence-corrected chi connectivity index (χ2v) is 4.99. The van der Waals surface area contributed by atoms with Crippen LogP contribution in [0.15, 0.2) is 16.6 Å². The number of hydrogen-bond donors (Lipinski definition) is 2. The first-order chi connectivity index (χ1) is 8.40. The lowest BCUT2D eigenvalue weighted by Gasteiger charge is -2.20. The van der Waals surface area contributed by atoms with Gasteiger partial charge >= 0.3 is 0 Å². The van der Waals surface area contributed by atoms with Gasteiger partial charge in [0.25, 0.3) is 0 Å². The molecule has 0 radical (unpaired) electrons. The van der Waals surface area contributed by atoms with Crippen molar-refractivity contribution in [2.45, 2.75) is 6.42 Å². The molecule has 0 spiro atoms. The number of hydrogen-bond acceptors (Lipinski definition) is 3. The Kier molecular flexibility index (Phi) is 3.25. The molecule has 96 valence electrons. The fourth-order valence-electron chi connectivity index (χ4n) is 1.98. The zero-order valence-corrected chi connectivity index (χ0v) is 10.9. The van der Waals surface area contributed by atoms with Crippen molar-refractivity contribution >= 4 is 39.1 Å². The van der Waals surface area contributed by atoms with Gasteiger partial charge in [0.05, 0.1) is 17.3 Å². The van der Waals surface area contributed by atoms with Crippen LogP contribution in [0.1, 0.15) is 6.42 Å². The molecule has 1 unspecified atom stereocenters. The zero-order chi connectivity index (χ0) is 13.4. The van der Waals surface area contributed by atoms with E-state index in [1.807, 2.05) is 0 Å². The third-order valence-corrected chi connectivity index (χ3v) is 3.46. The third kappa shape index (κ3) is 2.17. The number of primary amides is 1. The largest absolute Gasteiger partial charge is 0.397 e. The van der Waals surface area contributed by atoms with E-state index in [2.05, 4.69) is 15.9 Å². The number of anilines is 2. The SMILES string of the molecule is NC(=O)C1CC(=O)N(c2c(N)cc(F)cc2Br)C1. The van der Waals surface area contributed by atoms with E-state index in [-0.39, 0.29) is 24.6 Å². The molecule has 1 atom stereocenters. The molecule has 1 aliphatic heterocycles. The van der Waals surface area contributed by atoms with Crippen LogP contribution in [-0.2, 0) is 9.59 Å². The number of amides is 2. The minimum Gasteiger partial charge on any atom is -0.397 e. The summed E-state index contributed by atoms with van der Waals surface area (Å²) in [6.45, 7) is 0.169. The number of halogens is 2. The van der Waals surface area contributed by atoms with Gasteiger partial charge in [-0.1, -0.05) is 0 Å². The van der Waals surface area contributed by atoms with Crippen molar-refractivity contribution < 1.29 is 14.0 Å². The Morgan fingerprint density at radius 2 is 2.17 bits per heavy atom. The highest BCUT2D eigenvalue weighted by Crippen LogP contribution is 2.36. The van der Waals surface area contributed by atoms with Gasteiger partial charge in [-0.3, -0.25) is 9.59 Å². The number of rotatable bonds is 2. The summed E-state index contributed by atoms with van der Waals surface area (Å²) >= 11 is 3.16. The first kappa shape index (κ1) is 12.8. The molecular formula is C11H11BrFN3O2. The number of carbonyl (C=O) groups excluding carboxylic acids is 2. The fraction of sp³-hybridized carbons (Fsp3) is 0.273. The summed E-state index contributed by atoms with van der Waals surface area (Å²) in [6.07, 6.45) is 0.0542. The zero-order valence-electron chi connectivity index (χ0n) is 9.32. The van der Waals surface area contributed by atoms with Gasteiger partial charge in [0.15, 0.2) is 0 Å². The molecule has 2 rings (SSSR count). The monoisotopic (exact) mass is 315 g/mol. The van der Waals surface area contributed by atoms with Crippen LogP contribution < -0.4 is 16.4 Å². The van der Waals surface area contributed by atoms with Crippen molar-refractivity contribution in [1.29, 1.82) is 0 Å². The highest BCUT2D eigenvalue weighted by Gasteiger charge is 2.35. The van der Waals surface area contributed by atoms with E-state index in [0.29, 0.717) is 10.2 Å². The number of nitrogen functional groups attached to an aromatic ring is 1. The van der Waals surface area contributed by atoms with E-state index >= 15 is 0 Å². The predicted octanol–water partition coefficient (Wildman–Crippen LogP) is 1.01. The minimum atomic E-state index is -0.533. The first-order valence-electron chi connectivity index (χ1n) is 5.24. The second kappa shape index (κ2) is 4.56. The normalized spacial score (nSPS) is 19.3. The Labute approximate surface area is 111 Å². The van der Waals surface area contributed by atoms with Crippen molar-refractivity contribution in [3.63, 3.8) is 0 Å². The van der Waals surface area contributed by atoms with Crippen LogP contribution >= 0.6 is 15.9 Å². The van der Waals surface area contributed by atoms with Gasteiger partial charge in [0, 0.05) is 17.4 Å². The van der Waals surface area contributed by atoms with Crippen LogP contribution in [-0.4, -0.2) is 18.4 Å². The average molecular weight is 316 g/mol. The van der Waals surface area contributed by atoms with Gasteiger partial charge in [0.2, 0.25) is 11.8 Å². The van der Waals surface area contributed by atoms with Crippen molar-refractivity contribution in [2.75, 3.05) is 17.2 Å². The smallest absolute Gasteiger partial charge is 0.227 e. The standard InChI is InChI=1S/C11H11BrFN3O2/c12-7-2-6(13)3-8(14)10(7)16-4-5(11(15)18)1-9(16)17/h2-3,5H,1,4,14H2,(H2,15,18). The lowest BCUT2D eigenvalue weighted by molar-refractivity contribution is -0.123. The first-order valence-corrected chi connectivity index (χ1v) is 6.03. The van der Waals surface area contributed by atoms with E-state index in [0.717, 1.165) is 6.07 Å². The Hall–Kier alpha value is -1.63. The number of carbonyl (C=O) groups is 2. The van der Waals surface area contributed by atoms with Crippen LogP contribution in [0.25, 0.3) is 0 Å². The molecule has 1 fully saturated rings. The van der Waals surface area contributed by atoms with Gasteiger partial charge < -0.3 is 16.4 Å². The molecule has 1 saturated heterocycles. The third-order valence-electron chi connectivity index (χ3n) is 2.85. The molecule has 7 heteroatoms. The van der Waals surface area contributed by atoms with Gasteiger partial charge in [0.1, 0.15) is 5.82 Å². The molecule has 4 N–H and O–H groups in total. The van der Waals surface area contributed by atoms with Crippen LogP contribution in [0.4, 0.5) is 15.8 Å². The molecular weight excluding hydrogens is 305 g/mol. The molecule has 0 saturated carbocycles. The van der Waals surface area contributed by atoms with Crippen molar-refractivity contribution in [3.05, 3.63) is 22.4 Å². The van der Waals surface area contributed by atoms with Crippen LogP contribution in [0.5, 0.6) is 0 Å². The summed E-state index contributed by atoms with van der Waals surface area (Å²) in [4.78, 5) is 24.3. The highest BCUT2D eigenvalue weighted by atomic mass is 79.9. The molecule has 1 aliphatic rings. The van der Waals surface area contributed by atoms with E-state index in [4.69, 9.17) is 11.5 Å². The maximum atomic E-state index is 13.1. The molecule has 5 nitrogen and oxygen atoms in total. The molecule has 0 aromatic heterocycles. The fourth-order valence-corrected chi connectivity index (χ4v) is 2.65. The Bertz CT molecular complexity index is 512. The van der Waals surface area contributed by atoms with Gasteiger partial charge in [-0.25, -0.2) is 4.39 Å². The van der Waals surface area contributed by atoms with E-state index in [1.54, 1.807) is 0 Å². The summed E-state index contributed by atoms with van der Waals surface area (Å²) in [5, 5.41) is 0. The van der Waals surface area contributed by atoms with Gasteiger partial charge in [-0.05, 0) is 28.1 Å². The minimum absolute atomic E-state index is 0.0542. The Morgan fingerprint density at radius 1 is 1.50 bits per heavy atom. The number of nitrogens with two attached hydrogens (primary N) is 2. The van der Waals surface area contributed by atoms with Crippen LogP contribution in [0, 0.1) is 11.7 Å². The quantitative estimate of drug-likeness (QED) is 0.798. The van der Waals surface area contributed by atoms with Crippen molar-refractivity contribution in [3.8, 4) is 0 Å². The Balaban J connectivity index is 2.39. The summed E-state index contributed by atoms with van der Waals surface area (Å²) in [6, 6.07) is 2.35. The lowest BCUT2D eigenvalue weighted by Crippen LogP contribution is -2.29. The summed E-state index contributed by atoms with van der Waals surface area (Å²) in [7, 11) is 0. The summed E-state index contributed by atoms with van der Waals surface area (Å²) in [5.41, 5.74) is 11.4. The molecule has 0 aliphatic carbocycles. The summed E-state index contributed by atoms with van der Waals surface area (Å²) < 4.78 is 13.5. The van der Waals surface area contributed by atoms with Crippen molar-refractivity contribution in [2.24, 2.45) is 11.7 Å². The second-order valence-electron chi connectivity index (χ2n) is 4.13. The predicted molar refractivity (Wildman–Crippen MR) is 68.2 cm³/mol. The van der Waals surface area contributed by atoms with Crippen molar-refractivity contribution in [1.82, 2.24) is 0 Å². The molecule has 1 heterocycles. The lowest BCUT2D eigenvalue weighted by atomic mass is 10.1. The van der Waals surface area contributed by atoms with E-state index in [1.165, 1.54) is 11.0 Å². The molecule has 18 heavy (non-hydrogen) atoms. The highest BCUT2D eigenvalue weighted by molar-refractivity contribution is 9.10. The molecule has 0 bridgehead atoms. The molecule has 1 aromatic carbocycles. The van der Waals surface area contributed by atoms with E-state index in [9.17, 15) is 14.0 Å². The number of benzene rings is 1. The maximum Gasteiger partial charge on any atom is 0.227 e. The average Bonchev–Trinajstić information content (AvgIpc) is 2.59. The van der Waals surface area contributed by atoms with Crippen LogP contribution in [0.2, 0.25) is 0 Å². The van der Waals surface area contributed by atoms with E-state index < -0.39 is 17.6 Å². The summed E-state index contributed by atoms with van der Waals surface area (Å²) in [5.74, 6) is -1.81. The van der Waals surface area contributed by atoms with Gasteiger partial charge in [-0.2, -0.15) is 0 Å². The molecule has 1 aromatic rings. The van der Waals surface area contributed by atoms with Crippen LogP contribution in [0.3, 0.4) is 0 Å². The van der Waals surface area contributed by atoms with Gasteiger partial charge in [-0.15, -0.1) is 0 Å². The molecule has 2 amide bonds. The number of nitrogens with zero attached hydrogens (tertiary/aromatic N) is 1. The topological polar surface area (TPSA) is 89.4 Å².